The Labute approximate surface area is 119 Å². The fourth-order valence-corrected chi connectivity index (χ4v) is 2.17. The number of carboxylic acids is 1. The second kappa shape index (κ2) is 7.53. The highest BCUT2D eigenvalue weighted by Crippen LogP contribution is 2.15. The van der Waals surface area contributed by atoms with Crippen molar-refractivity contribution in [2.45, 2.75) is 26.7 Å². The van der Waals surface area contributed by atoms with E-state index in [9.17, 15) is 9.59 Å². The van der Waals surface area contributed by atoms with Gasteiger partial charge in [-0.2, -0.15) is 0 Å². The molecule has 0 bridgehead atoms. The number of nitrogens with one attached hydrogen (secondary N) is 1. The van der Waals surface area contributed by atoms with Crippen molar-refractivity contribution in [3.8, 4) is 0 Å². The van der Waals surface area contributed by atoms with Crippen LogP contribution in [0.1, 0.15) is 37.0 Å². The standard InChI is InChI=1S/C15H22N2O3/c1-10(2)6-11(7-14(18)19)9-17-15(20)12-4-3-5-13(16)8-12/h3-5,8,10-11H,6-7,9,16H2,1-2H3,(H,17,20)(H,18,19). The molecule has 0 radical (unpaired) electrons. The summed E-state index contributed by atoms with van der Waals surface area (Å²) in [6.45, 7) is 4.43. The molecule has 1 unspecified atom stereocenters. The molecule has 1 atom stereocenters. The number of hydrogen-bond acceptors (Lipinski definition) is 3. The number of nitrogens with two attached hydrogens (primary N) is 1. The third kappa shape index (κ3) is 5.73. The number of rotatable bonds is 7. The second-order valence-electron chi connectivity index (χ2n) is 5.43. The van der Waals surface area contributed by atoms with Gasteiger partial charge in [-0.05, 0) is 36.5 Å². The Hall–Kier alpha value is -2.04. The van der Waals surface area contributed by atoms with E-state index in [2.05, 4.69) is 5.32 Å². The molecule has 1 amide bonds. The van der Waals surface area contributed by atoms with E-state index < -0.39 is 5.97 Å². The van der Waals surface area contributed by atoms with Gasteiger partial charge in [-0.1, -0.05) is 19.9 Å². The first kappa shape index (κ1) is 16.0. The molecule has 5 heteroatoms. The van der Waals surface area contributed by atoms with E-state index in [0.717, 1.165) is 6.42 Å². The Bertz CT molecular complexity index is 472. The maximum atomic E-state index is 12.0. The first-order valence-electron chi connectivity index (χ1n) is 6.74. The van der Waals surface area contributed by atoms with Crippen molar-refractivity contribution in [3.63, 3.8) is 0 Å². The number of amides is 1. The zero-order valence-corrected chi connectivity index (χ0v) is 11.9. The van der Waals surface area contributed by atoms with Gasteiger partial charge in [0.1, 0.15) is 0 Å². The summed E-state index contributed by atoms with van der Waals surface area (Å²) in [5.74, 6) is -0.730. The summed E-state index contributed by atoms with van der Waals surface area (Å²) in [6, 6.07) is 6.71. The minimum absolute atomic E-state index is 0.0579. The number of anilines is 1. The van der Waals surface area contributed by atoms with Crippen molar-refractivity contribution in [2.75, 3.05) is 12.3 Å². The number of carboxylic acid groups (broad SMARTS) is 1. The predicted octanol–water partition coefficient (Wildman–Crippen LogP) is 2.14. The monoisotopic (exact) mass is 278 g/mol. The third-order valence-corrected chi connectivity index (χ3v) is 2.97. The molecule has 0 fully saturated rings. The normalized spacial score (nSPS) is 12.2. The second-order valence-corrected chi connectivity index (χ2v) is 5.43. The van der Waals surface area contributed by atoms with Crippen LogP contribution in [-0.4, -0.2) is 23.5 Å². The van der Waals surface area contributed by atoms with Gasteiger partial charge in [0.15, 0.2) is 0 Å². The summed E-state index contributed by atoms with van der Waals surface area (Å²) in [5, 5.41) is 11.7. The number of benzene rings is 1. The molecule has 0 aliphatic heterocycles. The van der Waals surface area contributed by atoms with Crippen LogP contribution in [0.4, 0.5) is 5.69 Å². The Morgan fingerprint density at radius 1 is 1.35 bits per heavy atom. The number of carbonyl (C=O) groups is 2. The maximum Gasteiger partial charge on any atom is 0.303 e. The highest BCUT2D eigenvalue weighted by molar-refractivity contribution is 5.94. The Morgan fingerprint density at radius 3 is 2.60 bits per heavy atom. The zero-order valence-electron chi connectivity index (χ0n) is 11.9. The molecule has 1 aromatic carbocycles. The number of carbonyl (C=O) groups excluding carboxylic acids is 1. The average molecular weight is 278 g/mol. The van der Waals surface area contributed by atoms with Crippen molar-refractivity contribution in [2.24, 2.45) is 11.8 Å². The van der Waals surface area contributed by atoms with Crippen LogP contribution in [0.2, 0.25) is 0 Å². The van der Waals surface area contributed by atoms with Crippen LogP contribution in [-0.2, 0) is 4.79 Å². The zero-order chi connectivity index (χ0) is 15.1. The molecule has 20 heavy (non-hydrogen) atoms. The van der Waals surface area contributed by atoms with Crippen LogP contribution in [0.5, 0.6) is 0 Å². The van der Waals surface area contributed by atoms with Crippen LogP contribution < -0.4 is 11.1 Å². The lowest BCUT2D eigenvalue weighted by Gasteiger charge is -2.17. The van der Waals surface area contributed by atoms with Gasteiger partial charge in [0, 0.05) is 24.2 Å². The molecule has 4 N–H and O–H groups in total. The summed E-state index contributed by atoms with van der Waals surface area (Å²) in [6.07, 6.45) is 0.832. The van der Waals surface area contributed by atoms with Crippen molar-refractivity contribution in [1.82, 2.24) is 5.32 Å². The van der Waals surface area contributed by atoms with E-state index in [1.807, 2.05) is 13.8 Å². The van der Waals surface area contributed by atoms with Gasteiger partial charge < -0.3 is 16.2 Å². The molecule has 0 spiro atoms. The van der Waals surface area contributed by atoms with Gasteiger partial charge in [-0.3, -0.25) is 9.59 Å². The topological polar surface area (TPSA) is 92.4 Å². The van der Waals surface area contributed by atoms with E-state index in [-0.39, 0.29) is 18.2 Å². The average Bonchev–Trinajstić information content (AvgIpc) is 2.34. The summed E-state index contributed by atoms with van der Waals surface area (Å²) in [4.78, 5) is 22.8. The van der Waals surface area contributed by atoms with Crippen LogP contribution in [0, 0.1) is 11.8 Å². The molecule has 1 aromatic rings. The van der Waals surface area contributed by atoms with Crippen LogP contribution in [0.3, 0.4) is 0 Å². The Balaban J connectivity index is 2.57. The highest BCUT2D eigenvalue weighted by Gasteiger charge is 2.16. The molecular weight excluding hydrogens is 256 g/mol. The quantitative estimate of drug-likeness (QED) is 0.666. The van der Waals surface area contributed by atoms with Gasteiger partial charge in [0.05, 0.1) is 0 Å². The van der Waals surface area contributed by atoms with E-state index in [1.54, 1.807) is 24.3 Å². The maximum absolute atomic E-state index is 12.0. The summed E-state index contributed by atoms with van der Waals surface area (Å²) in [5.41, 5.74) is 6.65. The molecular formula is C15H22N2O3. The van der Waals surface area contributed by atoms with Crippen molar-refractivity contribution in [1.29, 1.82) is 0 Å². The summed E-state index contributed by atoms with van der Waals surface area (Å²) < 4.78 is 0. The van der Waals surface area contributed by atoms with E-state index in [4.69, 9.17) is 10.8 Å². The van der Waals surface area contributed by atoms with Crippen molar-refractivity contribution >= 4 is 17.6 Å². The molecule has 0 aliphatic carbocycles. The number of hydrogen-bond donors (Lipinski definition) is 3. The van der Waals surface area contributed by atoms with Crippen LogP contribution in [0.15, 0.2) is 24.3 Å². The van der Waals surface area contributed by atoms with Gasteiger partial charge >= 0.3 is 5.97 Å². The molecule has 0 aromatic heterocycles. The largest absolute Gasteiger partial charge is 0.481 e. The molecule has 1 rings (SSSR count). The fourth-order valence-electron chi connectivity index (χ4n) is 2.17. The number of aliphatic carboxylic acids is 1. The molecule has 0 saturated heterocycles. The van der Waals surface area contributed by atoms with Crippen molar-refractivity contribution in [3.05, 3.63) is 29.8 Å². The van der Waals surface area contributed by atoms with Gasteiger partial charge in [-0.15, -0.1) is 0 Å². The minimum atomic E-state index is -0.839. The van der Waals surface area contributed by atoms with Gasteiger partial charge in [0.25, 0.3) is 5.91 Å². The minimum Gasteiger partial charge on any atom is -0.481 e. The highest BCUT2D eigenvalue weighted by atomic mass is 16.4. The SMILES string of the molecule is CC(C)CC(CNC(=O)c1cccc(N)c1)CC(=O)O. The predicted molar refractivity (Wildman–Crippen MR) is 78.4 cm³/mol. The first-order chi connectivity index (χ1) is 9.38. The number of nitrogen functional groups attached to an aromatic ring is 1. The van der Waals surface area contributed by atoms with E-state index in [1.165, 1.54) is 0 Å². The molecule has 0 aliphatic rings. The van der Waals surface area contributed by atoms with E-state index >= 15 is 0 Å². The van der Waals surface area contributed by atoms with Gasteiger partial charge in [0.2, 0.25) is 0 Å². The lowest BCUT2D eigenvalue weighted by atomic mass is 9.94. The summed E-state index contributed by atoms with van der Waals surface area (Å²) >= 11 is 0. The lowest BCUT2D eigenvalue weighted by Crippen LogP contribution is -2.31. The fraction of sp³-hybridized carbons (Fsp3) is 0.467. The third-order valence-electron chi connectivity index (χ3n) is 2.97. The molecule has 5 nitrogen and oxygen atoms in total. The van der Waals surface area contributed by atoms with Gasteiger partial charge in [-0.25, -0.2) is 0 Å². The molecule has 0 heterocycles. The first-order valence-corrected chi connectivity index (χ1v) is 6.74. The van der Waals surface area contributed by atoms with Crippen LogP contribution in [0.25, 0.3) is 0 Å². The summed E-state index contributed by atoms with van der Waals surface area (Å²) in [7, 11) is 0. The van der Waals surface area contributed by atoms with E-state index in [0.29, 0.717) is 23.7 Å². The Kier molecular flexibility index (Phi) is 6.03. The molecule has 0 saturated carbocycles. The molecule has 110 valence electrons. The van der Waals surface area contributed by atoms with Crippen molar-refractivity contribution < 1.29 is 14.7 Å². The van der Waals surface area contributed by atoms with Crippen LogP contribution >= 0.6 is 0 Å². The smallest absolute Gasteiger partial charge is 0.303 e. The Morgan fingerprint density at radius 2 is 2.05 bits per heavy atom. The lowest BCUT2D eigenvalue weighted by molar-refractivity contribution is -0.138.